The van der Waals surface area contributed by atoms with E-state index in [0.29, 0.717) is 28.9 Å². The van der Waals surface area contributed by atoms with Crippen molar-refractivity contribution in [3.8, 4) is 11.5 Å². The number of carbonyl (C=O) groups is 1. The largest absolute Gasteiger partial charge is 0.493 e. The van der Waals surface area contributed by atoms with Crippen molar-refractivity contribution in [2.24, 2.45) is 17.8 Å². The molecule has 0 spiro atoms. The van der Waals surface area contributed by atoms with E-state index < -0.39 is 0 Å². The molecule has 0 amide bonds. The second kappa shape index (κ2) is 6.29. The Morgan fingerprint density at radius 2 is 1.70 bits per heavy atom. The third-order valence-corrected chi connectivity index (χ3v) is 4.22. The van der Waals surface area contributed by atoms with Crippen LogP contribution in [0.25, 0.3) is 0 Å². The number of Topliss-reactive ketones (excluding diaryl/α,β-unsaturated/α-hetero) is 1. The number of ether oxygens (including phenoxy) is 2. The lowest BCUT2D eigenvalue weighted by Gasteiger charge is -2.30. The molecule has 1 aromatic carbocycles. The molecule has 2 rings (SSSR count). The molecule has 0 bridgehead atoms. The number of para-hydroxylation sites is 1. The molecule has 0 aromatic heterocycles. The first-order valence-corrected chi connectivity index (χ1v) is 7.32. The molecule has 1 aromatic rings. The van der Waals surface area contributed by atoms with Crippen LogP contribution in [0.1, 0.15) is 43.5 Å². The fraction of sp³-hybridized carbons (Fsp3) is 0.588. The van der Waals surface area contributed by atoms with Gasteiger partial charge in [0.05, 0.1) is 19.8 Å². The second-order valence-corrected chi connectivity index (χ2v) is 6.02. The minimum Gasteiger partial charge on any atom is -0.493 e. The highest BCUT2D eigenvalue weighted by atomic mass is 16.5. The molecule has 3 heteroatoms. The Kier molecular flexibility index (Phi) is 4.69. The summed E-state index contributed by atoms with van der Waals surface area (Å²) in [5.74, 6) is 2.71. The first-order chi connectivity index (χ1) is 9.56. The zero-order valence-corrected chi connectivity index (χ0v) is 12.8. The molecule has 0 radical (unpaired) electrons. The molecule has 2 atom stereocenters. The van der Waals surface area contributed by atoms with E-state index in [4.69, 9.17) is 9.47 Å². The van der Waals surface area contributed by atoms with Gasteiger partial charge in [-0.15, -0.1) is 0 Å². The standard InChI is InChI=1S/C17H24O3/c1-11-8-12(2)10-13(9-11)16(18)14-6-5-7-15(19-3)17(14)20-4/h5-7,11-13H,8-10H2,1-4H3. The fourth-order valence-electron chi connectivity index (χ4n) is 3.46. The molecule has 1 fully saturated rings. The van der Waals surface area contributed by atoms with Gasteiger partial charge in [0.15, 0.2) is 17.3 Å². The predicted molar refractivity (Wildman–Crippen MR) is 79.5 cm³/mol. The Hall–Kier alpha value is -1.51. The number of ketones is 1. The summed E-state index contributed by atoms with van der Waals surface area (Å²) in [5, 5.41) is 0. The van der Waals surface area contributed by atoms with E-state index in [9.17, 15) is 4.79 Å². The van der Waals surface area contributed by atoms with Gasteiger partial charge in [0, 0.05) is 5.92 Å². The molecule has 0 heterocycles. The smallest absolute Gasteiger partial charge is 0.171 e. The van der Waals surface area contributed by atoms with Gasteiger partial charge in [-0.25, -0.2) is 0 Å². The van der Waals surface area contributed by atoms with Crippen molar-refractivity contribution >= 4 is 5.78 Å². The van der Waals surface area contributed by atoms with Gasteiger partial charge in [-0.1, -0.05) is 19.9 Å². The van der Waals surface area contributed by atoms with E-state index in [-0.39, 0.29) is 11.7 Å². The van der Waals surface area contributed by atoms with Crippen LogP contribution in [0.2, 0.25) is 0 Å². The highest BCUT2D eigenvalue weighted by molar-refractivity contribution is 6.01. The molecule has 20 heavy (non-hydrogen) atoms. The zero-order valence-electron chi connectivity index (χ0n) is 12.8. The van der Waals surface area contributed by atoms with E-state index in [0.717, 1.165) is 12.8 Å². The van der Waals surface area contributed by atoms with Gasteiger partial charge in [-0.3, -0.25) is 4.79 Å². The topological polar surface area (TPSA) is 35.5 Å². The maximum absolute atomic E-state index is 12.8. The highest BCUT2D eigenvalue weighted by Crippen LogP contribution is 2.38. The van der Waals surface area contributed by atoms with Crippen molar-refractivity contribution in [1.29, 1.82) is 0 Å². The van der Waals surface area contributed by atoms with Crippen LogP contribution < -0.4 is 9.47 Å². The van der Waals surface area contributed by atoms with Gasteiger partial charge in [-0.05, 0) is 43.2 Å². The van der Waals surface area contributed by atoms with Crippen molar-refractivity contribution in [3.05, 3.63) is 23.8 Å². The second-order valence-electron chi connectivity index (χ2n) is 6.02. The number of carbonyl (C=O) groups excluding carboxylic acids is 1. The zero-order chi connectivity index (χ0) is 14.7. The SMILES string of the molecule is COc1cccc(C(=O)C2CC(C)CC(C)C2)c1OC. The van der Waals surface area contributed by atoms with E-state index in [2.05, 4.69) is 13.8 Å². The average Bonchev–Trinajstić information content (AvgIpc) is 2.44. The van der Waals surface area contributed by atoms with Gasteiger partial charge in [0.2, 0.25) is 0 Å². The molecular weight excluding hydrogens is 252 g/mol. The normalized spacial score (nSPS) is 26.1. The van der Waals surface area contributed by atoms with Gasteiger partial charge >= 0.3 is 0 Å². The van der Waals surface area contributed by atoms with Crippen LogP contribution in [-0.4, -0.2) is 20.0 Å². The van der Waals surface area contributed by atoms with Gasteiger partial charge in [-0.2, -0.15) is 0 Å². The highest BCUT2D eigenvalue weighted by Gasteiger charge is 2.31. The van der Waals surface area contributed by atoms with Crippen LogP contribution in [0.3, 0.4) is 0 Å². The minimum atomic E-state index is 0.106. The molecule has 0 saturated heterocycles. The van der Waals surface area contributed by atoms with Crippen molar-refractivity contribution in [3.63, 3.8) is 0 Å². The lowest BCUT2D eigenvalue weighted by atomic mass is 9.74. The molecule has 1 aliphatic rings. The number of hydrogen-bond donors (Lipinski definition) is 0. The monoisotopic (exact) mass is 276 g/mol. The molecule has 110 valence electrons. The number of benzene rings is 1. The summed E-state index contributed by atoms with van der Waals surface area (Å²) < 4.78 is 10.7. The summed E-state index contributed by atoms with van der Waals surface area (Å²) in [5.41, 5.74) is 0.651. The summed E-state index contributed by atoms with van der Waals surface area (Å²) in [6.45, 7) is 4.47. The van der Waals surface area contributed by atoms with Crippen molar-refractivity contribution in [1.82, 2.24) is 0 Å². The summed E-state index contributed by atoms with van der Waals surface area (Å²) in [6.07, 6.45) is 3.17. The van der Waals surface area contributed by atoms with E-state index in [1.807, 2.05) is 18.2 Å². The fourth-order valence-corrected chi connectivity index (χ4v) is 3.46. The number of hydrogen-bond acceptors (Lipinski definition) is 3. The summed E-state index contributed by atoms with van der Waals surface area (Å²) in [4.78, 5) is 12.8. The Bertz CT molecular complexity index is 471. The van der Waals surface area contributed by atoms with E-state index >= 15 is 0 Å². The quantitative estimate of drug-likeness (QED) is 0.781. The van der Waals surface area contributed by atoms with E-state index in [1.54, 1.807) is 14.2 Å². The average molecular weight is 276 g/mol. The Morgan fingerprint density at radius 3 is 2.25 bits per heavy atom. The molecule has 2 unspecified atom stereocenters. The minimum absolute atomic E-state index is 0.106. The molecule has 0 aliphatic heterocycles. The summed E-state index contributed by atoms with van der Waals surface area (Å²) in [7, 11) is 3.18. The number of rotatable bonds is 4. The van der Waals surface area contributed by atoms with Gasteiger partial charge in [0.25, 0.3) is 0 Å². The lowest BCUT2D eigenvalue weighted by molar-refractivity contribution is 0.0832. The molecule has 1 saturated carbocycles. The van der Waals surface area contributed by atoms with Crippen LogP contribution in [0, 0.1) is 17.8 Å². The molecular formula is C17H24O3. The van der Waals surface area contributed by atoms with Crippen LogP contribution in [0.4, 0.5) is 0 Å². The van der Waals surface area contributed by atoms with Crippen molar-refractivity contribution in [2.75, 3.05) is 14.2 Å². The van der Waals surface area contributed by atoms with Crippen molar-refractivity contribution < 1.29 is 14.3 Å². The molecule has 0 N–H and O–H groups in total. The van der Waals surface area contributed by atoms with Crippen LogP contribution in [-0.2, 0) is 0 Å². The Labute approximate surface area is 121 Å². The van der Waals surface area contributed by atoms with Gasteiger partial charge < -0.3 is 9.47 Å². The third kappa shape index (κ3) is 2.97. The van der Waals surface area contributed by atoms with Crippen LogP contribution in [0.15, 0.2) is 18.2 Å². The maximum Gasteiger partial charge on any atom is 0.171 e. The van der Waals surface area contributed by atoms with E-state index in [1.165, 1.54) is 6.42 Å². The third-order valence-electron chi connectivity index (χ3n) is 4.22. The maximum atomic E-state index is 12.8. The van der Waals surface area contributed by atoms with Gasteiger partial charge in [0.1, 0.15) is 0 Å². The first kappa shape index (κ1) is 14.9. The molecule has 3 nitrogen and oxygen atoms in total. The lowest BCUT2D eigenvalue weighted by Crippen LogP contribution is -2.26. The van der Waals surface area contributed by atoms with Crippen LogP contribution in [0.5, 0.6) is 11.5 Å². The first-order valence-electron chi connectivity index (χ1n) is 7.32. The summed E-state index contributed by atoms with van der Waals surface area (Å²) >= 11 is 0. The van der Waals surface area contributed by atoms with Crippen LogP contribution >= 0.6 is 0 Å². The molecule has 1 aliphatic carbocycles. The summed E-state index contributed by atoms with van der Waals surface area (Å²) in [6, 6.07) is 5.51. The predicted octanol–water partition coefficient (Wildman–Crippen LogP) is 3.96. The van der Waals surface area contributed by atoms with Crippen molar-refractivity contribution in [2.45, 2.75) is 33.1 Å². The number of methoxy groups -OCH3 is 2. The Balaban J connectivity index is 2.29. The Morgan fingerprint density at radius 1 is 1.05 bits per heavy atom.